The van der Waals surface area contributed by atoms with Gasteiger partial charge in [-0.15, -0.1) is 0 Å². The number of rotatable bonds is 14. The lowest BCUT2D eigenvalue weighted by Gasteiger charge is -2.14. The molecule has 0 saturated heterocycles. The molecule has 0 fully saturated rings. The highest BCUT2D eigenvalue weighted by molar-refractivity contribution is 5.91. The van der Waals surface area contributed by atoms with E-state index in [-0.39, 0.29) is 0 Å². The Morgan fingerprint density at radius 2 is 1.12 bits per heavy atom. The third kappa shape index (κ3) is 12.1. The van der Waals surface area contributed by atoms with Gasteiger partial charge in [-0.1, -0.05) is 66.2 Å². The van der Waals surface area contributed by atoms with Crippen LogP contribution in [0.1, 0.15) is 79.1 Å². The summed E-state index contributed by atoms with van der Waals surface area (Å²) >= 11 is 0. The Balaban J connectivity index is 4.04. The zero-order valence-electron chi connectivity index (χ0n) is 16.0. The van der Waals surface area contributed by atoms with Crippen molar-refractivity contribution in [1.82, 2.24) is 0 Å². The van der Waals surface area contributed by atoms with Gasteiger partial charge in [-0.2, -0.15) is 0 Å². The molecule has 0 aliphatic rings. The van der Waals surface area contributed by atoms with E-state index >= 15 is 0 Å². The lowest BCUT2D eigenvalue weighted by Crippen LogP contribution is -2.14. The predicted octanol–water partition coefficient (Wildman–Crippen LogP) is 5.06. The molecule has 0 aromatic rings. The Hall–Kier alpha value is -1.32. The molecule has 4 heteroatoms. The van der Waals surface area contributed by atoms with Crippen molar-refractivity contribution < 1.29 is 19.1 Å². The van der Waals surface area contributed by atoms with Gasteiger partial charge in [-0.3, -0.25) is 0 Å². The molecule has 4 nitrogen and oxygen atoms in total. The highest BCUT2D eigenvalue weighted by Gasteiger charge is 2.10. The first kappa shape index (κ1) is 22.7. The number of hydrogen-bond donors (Lipinski definition) is 0. The molecule has 0 rings (SSSR count). The molecule has 0 spiro atoms. The number of unbranched alkanes of at least 4 members (excludes halogenated alkanes) is 2. The van der Waals surface area contributed by atoms with Crippen LogP contribution in [0.3, 0.4) is 0 Å². The van der Waals surface area contributed by atoms with Crippen molar-refractivity contribution in [2.75, 3.05) is 13.2 Å². The molecule has 2 atom stereocenters. The van der Waals surface area contributed by atoms with Crippen LogP contribution in [0.25, 0.3) is 0 Å². The second kappa shape index (κ2) is 15.2. The first-order chi connectivity index (χ1) is 11.6. The highest BCUT2D eigenvalue weighted by Crippen LogP contribution is 2.14. The zero-order chi connectivity index (χ0) is 18.2. The van der Waals surface area contributed by atoms with Crippen LogP contribution in [0.15, 0.2) is 12.2 Å². The summed E-state index contributed by atoms with van der Waals surface area (Å²) in [5.74, 6) is -0.142. The molecular weight excluding hydrogens is 304 g/mol. The SMILES string of the molecule is CCCC[C@@H](CC)COC(=O)/C=C/C(=O)OC[C@@H](CC)CCCC. The van der Waals surface area contributed by atoms with Crippen LogP contribution in [0.2, 0.25) is 0 Å². The molecule has 0 aliphatic carbocycles. The summed E-state index contributed by atoms with van der Waals surface area (Å²) in [5.41, 5.74) is 0. The van der Waals surface area contributed by atoms with E-state index in [9.17, 15) is 9.59 Å². The normalized spacial score (nSPS) is 13.7. The first-order valence-electron chi connectivity index (χ1n) is 9.58. The van der Waals surface area contributed by atoms with E-state index in [1.165, 1.54) is 12.2 Å². The molecule has 0 unspecified atom stereocenters. The van der Waals surface area contributed by atoms with Gasteiger partial charge in [0.1, 0.15) is 0 Å². The number of carbonyl (C=O) groups is 2. The third-order valence-electron chi connectivity index (χ3n) is 4.36. The van der Waals surface area contributed by atoms with E-state index < -0.39 is 11.9 Å². The van der Waals surface area contributed by atoms with Gasteiger partial charge < -0.3 is 9.47 Å². The molecule has 0 amide bonds. The third-order valence-corrected chi connectivity index (χ3v) is 4.36. The fourth-order valence-electron chi connectivity index (χ4n) is 2.43. The Morgan fingerprint density at radius 3 is 1.42 bits per heavy atom. The van der Waals surface area contributed by atoms with E-state index in [1.54, 1.807) is 0 Å². The van der Waals surface area contributed by atoms with Crippen molar-refractivity contribution in [1.29, 1.82) is 0 Å². The first-order valence-corrected chi connectivity index (χ1v) is 9.58. The van der Waals surface area contributed by atoms with Gasteiger partial charge in [0, 0.05) is 12.2 Å². The molecule has 0 saturated carbocycles. The summed E-state index contributed by atoms with van der Waals surface area (Å²) in [6, 6.07) is 0. The summed E-state index contributed by atoms with van der Waals surface area (Å²) < 4.78 is 10.4. The second-order valence-corrected chi connectivity index (χ2v) is 6.43. The van der Waals surface area contributed by atoms with Crippen molar-refractivity contribution in [3.8, 4) is 0 Å². The van der Waals surface area contributed by atoms with E-state index in [0.29, 0.717) is 25.0 Å². The second-order valence-electron chi connectivity index (χ2n) is 6.43. The maximum Gasteiger partial charge on any atom is 0.331 e. The Labute approximate surface area is 148 Å². The highest BCUT2D eigenvalue weighted by atomic mass is 16.5. The van der Waals surface area contributed by atoms with Crippen molar-refractivity contribution in [2.24, 2.45) is 11.8 Å². The van der Waals surface area contributed by atoms with Gasteiger partial charge in [-0.25, -0.2) is 9.59 Å². The fraction of sp³-hybridized carbons (Fsp3) is 0.800. The summed E-state index contributed by atoms with van der Waals surface area (Å²) in [4.78, 5) is 23.3. The number of ether oxygens (including phenoxy) is 2. The number of carbonyl (C=O) groups excluding carboxylic acids is 2. The molecule has 0 aromatic carbocycles. The quantitative estimate of drug-likeness (QED) is 0.327. The van der Waals surface area contributed by atoms with Gasteiger partial charge in [0.2, 0.25) is 0 Å². The van der Waals surface area contributed by atoms with Crippen molar-refractivity contribution in [2.45, 2.75) is 79.1 Å². The van der Waals surface area contributed by atoms with Crippen LogP contribution < -0.4 is 0 Å². The van der Waals surface area contributed by atoms with Crippen LogP contribution in [0.5, 0.6) is 0 Å². The Kier molecular flexibility index (Phi) is 14.4. The smallest absolute Gasteiger partial charge is 0.331 e. The maximum absolute atomic E-state index is 11.7. The Bertz CT molecular complexity index is 329. The van der Waals surface area contributed by atoms with E-state index in [1.807, 2.05) is 0 Å². The lowest BCUT2D eigenvalue weighted by molar-refractivity contribution is -0.142. The molecule has 0 heterocycles. The van der Waals surface area contributed by atoms with Crippen LogP contribution in [0.4, 0.5) is 0 Å². The van der Waals surface area contributed by atoms with Gasteiger partial charge in [0.15, 0.2) is 0 Å². The van der Waals surface area contributed by atoms with Gasteiger partial charge in [-0.05, 0) is 24.7 Å². The standard InChI is InChI=1S/C20H36O4/c1-5-9-11-17(7-3)15-23-19(21)13-14-20(22)24-16-18(8-4)12-10-6-2/h13-14,17-18H,5-12,15-16H2,1-4H3/b14-13+/t17-,18+. The molecule has 0 aromatic heterocycles. The molecule has 140 valence electrons. The number of esters is 2. The van der Waals surface area contributed by atoms with Crippen molar-refractivity contribution >= 4 is 11.9 Å². The van der Waals surface area contributed by atoms with Crippen molar-refractivity contribution in [3.05, 3.63) is 12.2 Å². The zero-order valence-corrected chi connectivity index (χ0v) is 16.0. The van der Waals surface area contributed by atoms with Gasteiger partial charge in [0.25, 0.3) is 0 Å². The minimum atomic E-state index is -0.472. The van der Waals surface area contributed by atoms with E-state index in [2.05, 4.69) is 27.7 Å². The van der Waals surface area contributed by atoms with E-state index in [0.717, 1.165) is 51.4 Å². The summed E-state index contributed by atoms with van der Waals surface area (Å²) in [6.07, 6.45) is 11.1. The minimum Gasteiger partial charge on any atom is -0.462 e. The predicted molar refractivity (Wildman–Crippen MR) is 97.7 cm³/mol. The summed E-state index contributed by atoms with van der Waals surface area (Å²) in [6.45, 7) is 9.35. The summed E-state index contributed by atoms with van der Waals surface area (Å²) in [5, 5.41) is 0. The maximum atomic E-state index is 11.7. The largest absolute Gasteiger partial charge is 0.462 e. The topological polar surface area (TPSA) is 52.6 Å². The van der Waals surface area contributed by atoms with Gasteiger partial charge in [0.05, 0.1) is 13.2 Å². The average molecular weight is 341 g/mol. The molecule has 24 heavy (non-hydrogen) atoms. The average Bonchev–Trinajstić information content (AvgIpc) is 2.60. The van der Waals surface area contributed by atoms with Crippen LogP contribution in [-0.2, 0) is 19.1 Å². The van der Waals surface area contributed by atoms with Crippen LogP contribution in [-0.4, -0.2) is 25.2 Å². The van der Waals surface area contributed by atoms with Gasteiger partial charge >= 0.3 is 11.9 Å². The Morgan fingerprint density at radius 1 is 0.750 bits per heavy atom. The molecule has 0 N–H and O–H groups in total. The molecule has 0 bridgehead atoms. The summed E-state index contributed by atoms with van der Waals surface area (Å²) in [7, 11) is 0. The molecular formula is C20H36O4. The lowest BCUT2D eigenvalue weighted by atomic mass is 10.0. The van der Waals surface area contributed by atoms with Crippen LogP contribution >= 0.6 is 0 Å². The van der Waals surface area contributed by atoms with E-state index in [4.69, 9.17) is 9.47 Å². The molecule has 0 radical (unpaired) electrons. The van der Waals surface area contributed by atoms with Crippen molar-refractivity contribution in [3.63, 3.8) is 0 Å². The molecule has 0 aliphatic heterocycles. The number of hydrogen-bond acceptors (Lipinski definition) is 4. The fourth-order valence-corrected chi connectivity index (χ4v) is 2.43. The van der Waals surface area contributed by atoms with Crippen LogP contribution in [0, 0.1) is 11.8 Å². The minimum absolute atomic E-state index is 0.401. The monoisotopic (exact) mass is 340 g/mol.